The van der Waals surface area contributed by atoms with Crippen molar-refractivity contribution in [2.45, 2.75) is 81.1 Å². The third-order valence-corrected chi connectivity index (χ3v) is 13.5. The molecule has 12 heteroatoms. The van der Waals surface area contributed by atoms with E-state index in [9.17, 15) is 19.2 Å². The lowest BCUT2D eigenvalue weighted by atomic mass is 10.0. The number of allylic oxidation sites excluding steroid dienone is 4. The molecular weight excluding hydrogens is 1000 g/mol. The topological polar surface area (TPSA) is 163 Å². The zero-order valence-electron chi connectivity index (χ0n) is 46.2. The van der Waals surface area contributed by atoms with E-state index in [1.807, 2.05) is 173 Å². The molecule has 2 N–H and O–H groups in total. The number of aromatic nitrogens is 4. The maximum Gasteiger partial charge on any atom is 0.338 e. The van der Waals surface area contributed by atoms with E-state index in [2.05, 4.69) is 9.97 Å². The number of para-hydroxylation sites is 4. The second kappa shape index (κ2) is 24.8. The first-order valence-electron chi connectivity index (χ1n) is 26.9. The Kier molecular flexibility index (Phi) is 17.0. The maximum absolute atomic E-state index is 13.7. The summed E-state index contributed by atoms with van der Waals surface area (Å²) in [5, 5.41) is 0. The summed E-state index contributed by atoms with van der Waals surface area (Å²) in [6.45, 7) is 14.8. The highest BCUT2D eigenvalue weighted by atomic mass is 16.5. The summed E-state index contributed by atoms with van der Waals surface area (Å²) in [6, 6.07) is 37.1. The quantitative estimate of drug-likeness (QED) is 0.0541. The van der Waals surface area contributed by atoms with Crippen LogP contribution in [-0.4, -0.2) is 43.8 Å². The van der Waals surface area contributed by atoms with Crippen LogP contribution in [0.2, 0.25) is 0 Å². The van der Waals surface area contributed by atoms with Gasteiger partial charge in [0.25, 0.3) is 0 Å². The first-order valence-corrected chi connectivity index (χ1v) is 26.9. The number of carbonyl (C=O) groups is 4. The molecule has 12 nitrogen and oxygen atoms in total. The lowest BCUT2D eigenvalue weighted by Gasteiger charge is -2.13. The molecule has 0 aliphatic carbocycles. The van der Waals surface area contributed by atoms with Crippen LogP contribution in [0.4, 0.5) is 0 Å². The molecule has 5 heterocycles. The van der Waals surface area contributed by atoms with Crippen LogP contribution in [-0.2, 0) is 19.2 Å². The summed E-state index contributed by atoms with van der Waals surface area (Å²) >= 11 is 0. The molecule has 0 fully saturated rings. The van der Waals surface area contributed by atoms with Crippen molar-refractivity contribution in [3.63, 3.8) is 0 Å². The van der Waals surface area contributed by atoms with Crippen LogP contribution in [0.5, 0.6) is 23.0 Å². The normalized spacial score (nSPS) is 12.6. The van der Waals surface area contributed by atoms with Crippen LogP contribution >= 0.6 is 0 Å². The van der Waals surface area contributed by atoms with Crippen molar-refractivity contribution in [1.82, 2.24) is 19.9 Å². The Morgan fingerprint density at radius 1 is 0.350 bits per heavy atom. The number of benzene rings is 4. The van der Waals surface area contributed by atoms with E-state index in [0.717, 1.165) is 0 Å². The largest absolute Gasteiger partial charge is 0.423 e. The predicted octanol–water partition coefficient (Wildman–Crippen LogP) is 16.4. The zero-order valence-corrected chi connectivity index (χ0v) is 46.2. The van der Waals surface area contributed by atoms with Crippen molar-refractivity contribution in [1.29, 1.82) is 0 Å². The number of nitrogens with one attached hydrogen (secondary N) is 2. The van der Waals surface area contributed by atoms with Gasteiger partial charge in [-0.1, -0.05) is 125 Å². The van der Waals surface area contributed by atoms with Crippen LogP contribution < -0.4 is 18.9 Å². The van der Waals surface area contributed by atoms with Gasteiger partial charge in [0.1, 0.15) is 23.0 Å². The standard InChI is InChI=1S/C68H62N4O8/c1-9-21-41(5)65(73)77-57-29-17-13-25-45(57)61-49-33-35-51(69-49)62(46-26-14-18-30-58(46)78-66(74)42(6)22-10-2)53-37-39-55(71-53)64(48-28-16-20-32-60(48)80-68(76)44(8)24-12-4)56-40-38-54(72-56)63(52-36-34-50(61)70-52)47-27-15-19-31-59(47)79-67(75)43(7)23-11-3/h13-40,69,72H,9-12H2,1-8H3. The van der Waals surface area contributed by atoms with Crippen molar-refractivity contribution in [3.05, 3.63) is 191 Å². The molecule has 80 heavy (non-hydrogen) atoms. The molecule has 402 valence electrons. The van der Waals surface area contributed by atoms with Crippen LogP contribution in [0.15, 0.2) is 168 Å². The maximum atomic E-state index is 13.7. The van der Waals surface area contributed by atoms with E-state index in [1.54, 1.807) is 52.0 Å². The Morgan fingerprint density at radius 3 is 0.775 bits per heavy atom. The summed E-state index contributed by atoms with van der Waals surface area (Å²) < 4.78 is 24.8. The van der Waals surface area contributed by atoms with E-state index in [0.29, 0.717) is 160 Å². The molecule has 9 rings (SSSR count). The third kappa shape index (κ3) is 11.8. The molecule has 8 bridgehead atoms. The van der Waals surface area contributed by atoms with Gasteiger partial charge >= 0.3 is 23.9 Å². The molecule has 0 unspecified atom stereocenters. The van der Waals surface area contributed by atoms with E-state index in [4.69, 9.17) is 28.9 Å². The summed E-state index contributed by atoms with van der Waals surface area (Å²) in [5.41, 5.74) is 11.0. The molecule has 0 spiro atoms. The number of fused-ring (bicyclic) bond motifs is 8. The second-order valence-electron chi connectivity index (χ2n) is 19.2. The number of hydrogen-bond donors (Lipinski definition) is 2. The van der Waals surface area contributed by atoms with Gasteiger partial charge in [-0.25, -0.2) is 29.1 Å². The third-order valence-electron chi connectivity index (χ3n) is 13.5. The van der Waals surface area contributed by atoms with Gasteiger partial charge in [0.15, 0.2) is 0 Å². The minimum atomic E-state index is -0.492. The summed E-state index contributed by atoms with van der Waals surface area (Å²) in [4.78, 5) is 73.2. The van der Waals surface area contributed by atoms with Gasteiger partial charge in [0, 0.05) is 88.9 Å². The van der Waals surface area contributed by atoms with Gasteiger partial charge in [-0.3, -0.25) is 0 Å². The Labute approximate surface area is 465 Å². The van der Waals surface area contributed by atoms with Gasteiger partial charge in [-0.05, 0) is 126 Å². The molecule has 0 amide bonds. The molecule has 0 atom stereocenters. The number of ether oxygens (including phenoxy) is 4. The number of H-pyrrole nitrogens is 2. The molecule has 2 aliphatic heterocycles. The molecule has 0 radical (unpaired) electrons. The molecule has 3 aromatic heterocycles. The summed E-state index contributed by atoms with van der Waals surface area (Å²) in [5.74, 6) is -0.736. The van der Waals surface area contributed by atoms with Crippen molar-refractivity contribution >= 4 is 70.2 Å². The Hall–Kier alpha value is -9.68. The molecule has 2 aliphatic rings. The first kappa shape index (κ1) is 55.1. The Morgan fingerprint density at radius 2 is 0.562 bits per heavy atom. The van der Waals surface area contributed by atoms with Crippen molar-refractivity contribution < 1.29 is 38.1 Å². The van der Waals surface area contributed by atoms with Gasteiger partial charge in [0.2, 0.25) is 0 Å². The summed E-state index contributed by atoms with van der Waals surface area (Å²) in [7, 11) is 0. The zero-order chi connectivity index (χ0) is 56.5. The fraction of sp³-hybridized carbons (Fsp3) is 0.176. The average Bonchev–Trinajstić information content (AvgIpc) is 4.44. The van der Waals surface area contributed by atoms with E-state index < -0.39 is 23.9 Å². The number of esters is 4. The highest BCUT2D eigenvalue weighted by Gasteiger charge is 2.25. The number of carbonyl (C=O) groups excluding carboxylic acids is 4. The van der Waals surface area contributed by atoms with E-state index in [1.165, 1.54) is 0 Å². The van der Waals surface area contributed by atoms with Crippen molar-refractivity contribution in [2.24, 2.45) is 0 Å². The first-order chi connectivity index (χ1) is 38.8. The summed E-state index contributed by atoms with van der Waals surface area (Å²) in [6.07, 6.45) is 17.5. The molecular formula is C68H62N4O8. The number of hydrogen-bond acceptors (Lipinski definition) is 10. The lowest BCUT2D eigenvalue weighted by molar-refractivity contribution is -0.131. The van der Waals surface area contributed by atoms with Gasteiger partial charge in [-0.2, -0.15) is 0 Å². The minimum absolute atomic E-state index is 0.308. The highest BCUT2D eigenvalue weighted by molar-refractivity contribution is 6.03. The SMILES string of the molecule is CCC=C(C)C(=O)Oc1ccccc1-c1c2nc(c(-c3ccccc3OC(=O)C(C)=CCC)c3ccc([nH]3)c(-c3ccccc3OC(=O)C(C)=CCC)c3nc(c(-c4ccccc4OC(=O)C(C)=CCC)c4ccc1[nH]4)C=C3)C=C2. The van der Waals surface area contributed by atoms with E-state index >= 15 is 0 Å². The Bertz CT molecular complexity index is 3470. The molecule has 7 aromatic rings. The fourth-order valence-corrected chi connectivity index (χ4v) is 9.67. The molecule has 0 saturated carbocycles. The van der Waals surface area contributed by atoms with Crippen LogP contribution in [0, 0.1) is 0 Å². The van der Waals surface area contributed by atoms with Crippen LogP contribution in [0.1, 0.15) is 104 Å². The number of aromatic amines is 2. The predicted molar refractivity (Wildman–Crippen MR) is 319 cm³/mol. The minimum Gasteiger partial charge on any atom is -0.423 e. The van der Waals surface area contributed by atoms with Gasteiger partial charge in [-0.15, -0.1) is 0 Å². The number of rotatable bonds is 16. The van der Waals surface area contributed by atoms with Gasteiger partial charge in [0.05, 0.1) is 22.8 Å². The van der Waals surface area contributed by atoms with Crippen LogP contribution in [0.25, 0.3) is 90.9 Å². The Balaban J connectivity index is 1.45. The second-order valence-corrected chi connectivity index (χ2v) is 19.2. The monoisotopic (exact) mass is 1060 g/mol. The fourth-order valence-electron chi connectivity index (χ4n) is 9.67. The number of nitrogens with zero attached hydrogens (tertiary/aromatic N) is 2. The molecule has 4 aromatic carbocycles. The van der Waals surface area contributed by atoms with Crippen LogP contribution in [0.3, 0.4) is 0 Å². The average molecular weight is 1060 g/mol. The van der Waals surface area contributed by atoms with E-state index in [-0.39, 0.29) is 0 Å². The lowest BCUT2D eigenvalue weighted by Crippen LogP contribution is -2.10. The molecule has 0 saturated heterocycles. The van der Waals surface area contributed by atoms with Gasteiger partial charge < -0.3 is 28.9 Å². The smallest absolute Gasteiger partial charge is 0.338 e. The van der Waals surface area contributed by atoms with Crippen molar-refractivity contribution in [3.8, 4) is 67.5 Å². The van der Waals surface area contributed by atoms with Crippen molar-refractivity contribution in [2.75, 3.05) is 0 Å². The highest BCUT2D eigenvalue weighted by Crippen LogP contribution is 2.44.